The highest BCUT2D eigenvalue weighted by molar-refractivity contribution is 5.66. The topological polar surface area (TPSA) is 75.5 Å². The summed E-state index contributed by atoms with van der Waals surface area (Å²) in [4.78, 5) is 11.2. The first-order chi connectivity index (χ1) is 13.5. The van der Waals surface area contributed by atoms with Crippen LogP contribution in [-0.2, 0) is 6.54 Å². The molecule has 0 atom stereocenters. The number of nitrogens with zero attached hydrogens (tertiary/aromatic N) is 6. The van der Waals surface area contributed by atoms with E-state index < -0.39 is 0 Å². The molecule has 3 heterocycles. The van der Waals surface area contributed by atoms with Crippen molar-refractivity contribution in [3.63, 3.8) is 0 Å². The number of aromatic amines is 1. The molecule has 0 bridgehead atoms. The van der Waals surface area contributed by atoms with Crippen LogP contribution in [0.5, 0.6) is 0 Å². The van der Waals surface area contributed by atoms with Gasteiger partial charge in [-0.2, -0.15) is 10.2 Å². The van der Waals surface area contributed by atoms with Crippen LogP contribution in [0.15, 0.2) is 48.7 Å². The number of hydrogen-bond donors (Lipinski definition) is 1. The molecule has 28 heavy (non-hydrogen) atoms. The van der Waals surface area contributed by atoms with Crippen LogP contribution in [0, 0.1) is 20.8 Å². The Balaban J connectivity index is 1.67. The lowest BCUT2D eigenvalue weighted by Gasteiger charge is -2.16. The van der Waals surface area contributed by atoms with Crippen LogP contribution >= 0.6 is 0 Å². The molecule has 0 saturated heterocycles. The Hall–Kier alpha value is -3.48. The minimum absolute atomic E-state index is 0.634. The number of anilines is 1. The maximum absolute atomic E-state index is 4.80. The summed E-state index contributed by atoms with van der Waals surface area (Å²) in [7, 11) is 1.97. The van der Waals surface area contributed by atoms with Crippen molar-refractivity contribution in [1.29, 1.82) is 0 Å². The zero-order valence-electron chi connectivity index (χ0n) is 16.5. The van der Waals surface area contributed by atoms with Crippen molar-refractivity contribution in [2.24, 2.45) is 0 Å². The van der Waals surface area contributed by atoms with E-state index in [9.17, 15) is 0 Å². The second kappa shape index (κ2) is 7.26. The van der Waals surface area contributed by atoms with Crippen molar-refractivity contribution in [2.45, 2.75) is 27.3 Å². The van der Waals surface area contributed by atoms with Crippen LogP contribution in [0.25, 0.3) is 16.9 Å². The summed E-state index contributed by atoms with van der Waals surface area (Å²) in [5.74, 6) is 0.657. The molecule has 0 unspecified atom stereocenters. The summed E-state index contributed by atoms with van der Waals surface area (Å²) in [5.41, 5.74) is 6.94. The molecule has 0 saturated carbocycles. The molecule has 0 spiro atoms. The highest BCUT2D eigenvalue weighted by atomic mass is 15.3. The molecule has 4 rings (SSSR count). The van der Waals surface area contributed by atoms with E-state index in [4.69, 9.17) is 10.1 Å². The lowest BCUT2D eigenvalue weighted by molar-refractivity contribution is 0.831. The van der Waals surface area contributed by atoms with Gasteiger partial charge < -0.3 is 4.90 Å². The standard InChI is InChI=1S/C21H23N7/c1-14-12-17(25-24-14)13-27(4)21-22-11-10-19(23-21)20-15(2)26-28(16(20)3)18-8-6-5-7-9-18/h5-12H,13H2,1-4H3,(H,24,25). The number of rotatable bonds is 5. The van der Waals surface area contributed by atoms with Crippen molar-refractivity contribution in [3.05, 3.63) is 71.4 Å². The van der Waals surface area contributed by atoms with Gasteiger partial charge in [0.25, 0.3) is 0 Å². The second-order valence-electron chi connectivity index (χ2n) is 6.93. The Labute approximate surface area is 164 Å². The van der Waals surface area contributed by atoms with Crippen LogP contribution in [0.3, 0.4) is 0 Å². The Morgan fingerprint density at radius 1 is 1.07 bits per heavy atom. The van der Waals surface area contributed by atoms with Gasteiger partial charge in [0.15, 0.2) is 0 Å². The van der Waals surface area contributed by atoms with Crippen molar-refractivity contribution in [2.75, 3.05) is 11.9 Å². The molecule has 4 aromatic rings. The smallest absolute Gasteiger partial charge is 0.225 e. The van der Waals surface area contributed by atoms with Crippen molar-refractivity contribution >= 4 is 5.95 Å². The van der Waals surface area contributed by atoms with E-state index in [1.807, 2.05) is 72.9 Å². The fourth-order valence-corrected chi connectivity index (χ4v) is 3.37. The molecule has 0 amide bonds. The van der Waals surface area contributed by atoms with Gasteiger partial charge in [-0.05, 0) is 45.0 Å². The zero-order chi connectivity index (χ0) is 19.7. The van der Waals surface area contributed by atoms with Crippen LogP contribution in [-0.4, -0.2) is 37.0 Å². The Kier molecular flexibility index (Phi) is 4.65. The monoisotopic (exact) mass is 373 g/mol. The van der Waals surface area contributed by atoms with Crippen LogP contribution in [0.1, 0.15) is 22.8 Å². The number of para-hydroxylation sites is 1. The van der Waals surface area contributed by atoms with Gasteiger partial charge in [-0.25, -0.2) is 14.6 Å². The van der Waals surface area contributed by atoms with E-state index >= 15 is 0 Å². The largest absolute Gasteiger partial charge is 0.338 e. The molecule has 0 aliphatic carbocycles. The van der Waals surface area contributed by atoms with Gasteiger partial charge in [-0.1, -0.05) is 18.2 Å². The van der Waals surface area contributed by atoms with Gasteiger partial charge >= 0.3 is 0 Å². The highest BCUT2D eigenvalue weighted by Crippen LogP contribution is 2.28. The number of benzene rings is 1. The first-order valence-electron chi connectivity index (χ1n) is 9.20. The summed E-state index contributed by atoms with van der Waals surface area (Å²) in [6, 6.07) is 14.1. The minimum Gasteiger partial charge on any atom is -0.338 e. The lowest BCUT2D eigenvalue weighted by Crippen LogP contribution is -2.19. The zero-order valence-corrected chi connectivity index (χ0v) is 16.5. The van der Waals surface area contributed by atoms with E-state index in [0.29, 0.717) is 12.5 Å². The third-order valence-electron chi connectivity index (χ3n) is 4.69. The number of H-pyrrole nitrogens is 1. The minimum atomic E-state index is 0.634. The normalized spacial score (nSPS) is 11.0. The van der Waals surface area contributed by atoms with E-state index in [-0.39, 0.29) is 0 Å². The molecule has 0 radical (unpaired) electrons. The average Bonchev–Trinajstić information content (AvgIpc) is 3.24. The maximum atomic E-state index is 4.80. The molecule has 142 valence electrons. The molecule has 0 fully saturated rings. The van der Waals surface area contributed by atoms with E-state index in [0.717, 1.165) is 39.7 Å². The fraction of sp³-hybridized carbons (Fsp3) is 0.238. The number of nitrogens with one attached hydrogen (secondary N) is 1. The summed E-state index contributed by atoms with van der Waals surface area (Å²) < 4.78 is 1.96. The fourth-order valence-electron chi connectivity index (χ4n) is 3.37. The molecule has 0 aliphatic rings. The van der Waals surface area contributed by atoms with Crippen LogP contribution in [0.2, 0.25) is 0 Å². The highest BCUT2D eigenvalue weighted by Gasteiger charge is 2.17. The van der Waals surface area contributed by atoms with E-state index in [2.05, 4.69) is 22.1 Å². The van der Waals surface area contributed by atoms with Crippen molar-refractivity contribution in [3.8, 4) is 16.9 Å². The predicted octanol–water partition coefficient (Wildman–Crippen LogP) is 3.61. The lowest BCUT2D eigenvalue weighted by atomic mass is 10.1. The SMILES string of the molecule is Cc1cc(CN(C)c2nccc(-c3c(C)nn(-c4ccccc4)c3C)n2)n[nH]1. The van der Waals surface area contributed by atoms with Gasteiger partial charge in [-0.15, -0.1) is 0 Å². The van der Waals surface area contributed by atoms with Gasteiger partial charge in [-0.3, -0.25) is 5.10 Å². The summed E-state index contributed by atoms with van der Waals surface area (Å²) in [6.07, 6.45) is 1.79. The maximum Gasteiger partial charge on any atom is 0.225 e. The van der Waals surface area contributed by atoms with Crippen molar-refractivity contribution in [1.82, 2.24) is 29.9 Å². The Bertz CT molecular complexity index is 1100. The first kappa shape index (κ1) is 17.9. The summed E-state index contributed by atoms with van der Waals surface area (Å²) in [5, 5.41) is 12.0. The molecule has 0 aliphatic heterocycles. The average molecular weight is 373 g/mol. The second-order valence-corrected chi connectivity index (χ2v) is 6.93. The van der Waals surface area contributed by atoms with Crippen LogP contribution < -0.4 is 4.90 Å². The molecule has 3 aromatic heterocycles. The number of aromatic nitrogens is 6. The molecular weight excluding hydrogens is 350 g/mol. The third-order valence-corrected chi connectivity index (χ3v) is 4.69. The number of hydrogen-bond acceptors (Lipinski definition) is 5. The Morgan fingerprint density at radius 3 is 2.57 bits per heavy atom. The van der Waals surface area contributed by atoms with Gasteiger partial charge in [0, 0.05) is 24.5 Å². The molecular formula is C21H23N7. The molecule has 1 N–H and O–H groups in total. The summed E-state index contributed by atoms with van der Waals surface area (Å²) >= 11 is 0. The number of aryl methyl sites for hydroxylation is 2. The quantitative estimate of drug-likeness (QED) is 0.578. The van der Waals surface area contributed by atoms with E-state index in [1.54, 1.807) is 6.20 Å². The Morgan fingerprint density at radius 2 is 1.86 bits per heavy atom. The van der Waals surface area contributed by atoms with Crippen molar-refractivity contribution < 1.29 is 0 Å². The van der Waals surface area contributed by atoms with E-state index in [1.165, 1.54) is 0 Å². The van der Waals surface area contributed by atoms with Gasteiger partial charge in [0.1, 0.15) is 0 Å². The molecule has 1 aromatic carbocycles. The van der Waals surface area contributed by atoms with Crippen LogP contribution in [0.4, 0.5) is 5.95 Å². The predicted molar refractivity (Wildman–Crippen MR) is 109 cm³/mol. The molecule has 7 heteroatoms. The summed E-state index contributed by atoms with van der Waals surface area (Å²) in [6.45, 7) is 6.71. The van der Waals surface area contributed by atoms with Gasteiger partial charge in [0.05, 0.1) is 35.0 Å². The first-order valence-corrected chi connectivity index (χ1v) is 9.20. The molecule has 7 nitrogen and oxygen atoms in total. The third kappa shape index (κ3) is 3.38. The van der Waals surface area contributed by atoms with Gasteiger partial charge in [0.2, 0.25) is 5.95 Å².